The third-order valence-electron chi connectivity index (χ3n) is 13.2. The number of nitrogens with two attached hydrogens (primary N) is 2. The van der Waals surface area contributed by atoms with E-state index in [9.17, 15) is 28.8 Å². The number of nitrogens with zero attached hydrogens (tertiary/aromatic N) is 1. The van der Waals surface area contributed by atoms with Crippen LogP contribution in [-0.4, -0.2) is 114 Å². The largest absolute Gasteiger partial charge is 0.489 e. The first kappa shape index (κ1) is 56.2. The van der Waals surface area contributed by atoms with Crippen molar-refractivity contribution in [1.29, 1.82) is 0 Å². The van der Waals surface area contributed by atoms with E-state index >= 15 is 4.79 Å². The van der Waals surface area contributed by atoms with Gasteiger partial charge in [0, 0.05) is 49.5 Å². The molecule has 0 bridgehead atoms. The highest BCUT2D eigenvalue weighted by Crippen LogP contribution is 2.25. The molecule has 0 radical (unpaired) electrons. The van der Waals surface area contributed by atoms with Gasteiger partial charge in [-0.05, 0) is 78.7 Å². The summed E-state index contributed by atoms with van der Waals surface area (Å²) in [6.45, 7) is 2.24. The molecule has 11 N–H and O–H groups in total. The van der Waals surface area contributed by atoms with Crippen LogP contribution in [0, 0.1) is 6.92 Å². The molecule has 0 saturated carbocycles. The average molecular weight is 1050 g/mol. The van der Waals surface area contributed by atoms with Crippen molar-refractivity contribution in [2.24, 2.45) is 11.5 Å². The van der Waals surface area contributed by atoms with Gasteiger partial charge in [-0.15, -0.1) is 0 Å². The molecule has 4 unspecified atom stereocenters. The topological polar surface area (TPSA) is 281 Å². The molecule has 6 aromatic rings. The van der Waals surface area contributed by atoms with Gasteiger partial charge in [-0.3, -0.25) is 28.8 Å². The van der Waals surface area contributed by atoms with Gasteiger partial charge in [0.1, 0.15) is 48.7 Å². The second kappa shape index (κ2) is 28.4. The van der Waals surface area contributed by atoms with Crippen molar-refractivity contribution in [1.82, 2.24) is 41.8 Å². The number of hydrogen-bond donors (Lipinski definition) is 9. The predicted molar refractivity (Wildman–Crippen MR) is 291 cm³/mol. The second-order valence-electron chi connectivity index (χ2n) is 18.9. The normalized spacial score (nSPS) is 20.4. The van der Waals surface area contributed by atoms with Gasteiger partial charge in [0.2, 0.25) is 35.4 Å². The lowest BCUT2D eigenvalue weighted by atomic mass is 10.0. The molecule has 19 nitrogen and oxygen atoms in total. The Labute approximate surface area is 447 Å². The molecule has 77 heavy (non-hydrogen) atoms. The SMILES string of the molecule is Cc1c[nH]c2ccccc12.NCCCCC1NC(=O)CNC(=O)C(c2ccccc2)NC(=O)C2C[C@@H](OC(=O)NCCN)CN2C(=O)C(Cc2ccccc2)NC(=O)[C@H](Cc2ccc(OCc3ccccc3)cc2)NC1=O. The number of aromatic nitrogens is 1. The van der Waals surface area contributed by atoms with E-state index in [2.05, 4.69) is 62.0 Å². The van der Waals surface area contributed by atoms with Crippen molar-refractivity contribution < 1.29 is 43.0 Å². The van der Waals surface area contributed by atoms with E-state index in [4.69, 9.17) is 20.9 Å². The smallest absolute Gasteiger partial charge is 0.407 e. The summed E-state index contributed by atoms with van der Waals surface area (Å²) < 4.78 is 11.6. The van der Waals surface area contributed by atoms with E-state index in [0.717, 1.165) is 5.56 Å². The monoisotopic (exact) mass is 1050 g/mol. The van der Waals surface area contributed by atoms with Gasteiger partial charge in [-0.2, -0.15) is 0 Å². The van der Waals surface area contributed by atoms with Crippen molar-refractivity contribution in [3.05, 3.63) is 174 Å². The summed E-state index contributed by atoms with van der Waals surface area (Å²) in [5, 5.41) is 17.6. The van der Waals surface area contributed by atoms with Crippen LogP contribution in [0.4, 0.5) is 4.79 Å². The molecule has 1 aromatic heterocycles. The Kier molecular flexibility index (Phi) is 20.7. The number of fused-ring (bicyclic) bond motifs is 2. The van der Waals surface area contributed by atoms with Gasteiger partial charge < -0.3 is 62.7 Å². The molecular weight excluding hydrogens is 981 g/mol. The number of para-hydroxylation sites is 1. The molecule has 5 aromatic carbocycles. The number of aryl methyl sites for hydroxylation is 1. The summed E-state index contributed by atoms with van der Waals surface area (Å²) in [7, 11) is 0. The summed E-state index contributed by atoms with van der Waals surface area (Å²) in [5.41, 5.74) is 16.5. The lowest BCUT2D eigenvalue weighted by Crippen LogP contribution is -2.60. The highest BCUT2D eigenvalue weighted by atomic mass is 16.6. The fraction of sp³-hybridized carbons (Fsp3) is 0.328. The van der Waals surface area contributed by atoms with Gasteiger partial charge in [-0.1, -0.05) is 121 Å². The van der Waals surface area contributed by atoms with E-state index in [1.807, 2.05) is 42.6 Å². The Morgan fingerprint density at radius 3 is 1.96 bits per heavy atom. The molecule has 404 valence electrons. The minimum atomic E-state index is -1.33. The first-order valence-corrected chi connectivity index (χ1v) is 25.9. The number of aromatic amines is 1. The molecule has 2 aliphatic rings. The number of unbranched alkanes of at least 4 members (excludes halogenated alkanes) is 1. The van der Waals surface area contributed by atoms with Gasteiger partial charge in [-0.25, -0.2) is 4.79 Å². The Bertz CT molecular complexity index is 2910. The Morgan fingerprint density at radius 1 is 0.649 bits per heavy atom. The molecule has 0 spiro atoms. The number of amides is 7. The molecule has 6 atom stereocenters. The van der Waals surface area contributed by atoms with Gasteiger partial charge in [0.05, 0.1) is 13.1 Å². The van der Waals surface area contributed by atoms with Crippen LogP contribution in [-0.2, 0) is 53.0 Å². The quantitative estimate of drug-likeness (QED) is 0.0668. The fourth-order valence-electron chi connectivity index (χ4n) is 9.12. The van der Waals surface area contributed by atoms with Crippen LogP contribution in [0.3, 0.4) is 0 Å². The van der Waals surface area contributed by atoms with Gasteiger partial charge in [0.15, 0.2) is 0 Å². The maximum absolute atomic E-state index is 15.0. The lowest BCUT2D eigenvalue weighted by Gasteiger charge is -2.31. The first-order chi connectivity index (χ1) is 37.4. The number of hydrogen-bond acceptors (Lipinski definition) is 11. The van der Waals surface area contributed by atoms with Gasteiger partial charge in [0.25, 0.3) is 0 Å². The summed E-state index contributed by atoms with van der Waals surface area (Å²) >= 11 is 0. The molecule has 3 heterocycles. The lowest BCUT2D eigenvalue weighted by molar-refractivity contribution is -0.142. The molecule has 0 aliphatic carbocycles. The van der Waals surface area contributed by atoms with Crippen molar-refractivity contribution >= 4 is 52.4 Å². The molecule has 2 aliphatic heterocycles. The van der Waals surface area contributed by atoms with Crippen LogP contribution >= 0.6 is 0 Å². The maximum Gasteiger partial charge on any atom is 0.407 e. The third-order valence-corrected chi connectivity index (χ3v) is 13.2. The van der Waals surface area contributed by atoms with Crippen LogP contribution in [0.15, 0.2) is 146 Å². The number of nitrogens with one attached hydrogen (secondary N) is 7. The first-order valence-electron chi connectivity index (χ1n) is 25.9. The average Bonchev–Trinajstić information content (AvgIpc) is 4.07. The molecular formula is C58H68N10O9. The van der Waals surface area contributed by atoms with Crippen LogP contribution in [0.1, 0.15) is 59.5 Å². The number of ether oxygens (including phenoxy) is 2. The van der Waals surface area contributed by atoms with Crippen LogP contribution in [0.25, 0.3) is 10.9 Å². The number of alkyl carbamates (subject to hydrolysis) is 1. The zero-order chi connectivity index (χ0) is 54.5. The zero-order valence-electron chi connectivity index (χ0n) is 43.1. The Hall–Kier alpha value is -8.55. The van der Waals surface area contributed by atoms with Crippen LogP contribution in [0.2, 0.25) is 0 Å². The van der Waals surface area contributed by atoms with E-state index in [1.165, 1.54) is 21.4 Å². The third kappa shape index (κ3) is 16.5. The Morgan fingerprint density at radius 2 is 1.27 bits per heavy atom. The number of benzene rings is 5. The highest BCUT2D eigenvalue weighted by Gasteiger charge is 2.45. The number of rotatable bonds is 15. The zero-order valence-corrected chi connectivity index (χ0v) is 43.1. The standard InChI is InChI=1S/C49H59N9O9.C9H9N/c50-23-11-10-18-38-44(60)55-39(26-33-19-21-36(22-20-33)66-31-34-14-6-2-7-15-34)45(61)56-40(27-32-12-4-1-5-13-32)48(64)58-30-37(67-49(65)52-25-24-51)28-41(58)46(62)57-43(35-16-8-3-9-17-35)47(63)53-29-42(59)54-38;1-7-6-10-9-5-3-2-4-8(7)9/h1-9,12-17,19-22,37-41,43H,10-11,18,23-31,50-51H2,(H,52,65)(H,53,63)(H,54,59)(H,55,60)(H,56,61)(H,57,62);2-6,10H,1H3/t37-,38?,39+,40?,41?,43?;/m1./s1. The van der Waals surface area contributed by atoms with E-state index < -0.39 is 84.4 Å². The van der Waals surface area contributed by atoms with Gasteiger partial charge >= 0.3 is 6.09 Å². The van der Waals surface area contributed by atoms with Crippen LogP contribution in [0.5, 0.6) is 5.75 Å². The fourth-order valence-corrected chi connectivity index (χ4v) is 9.12. The maximum atomic E-state index is 15.0. The van der Waals surface area contributed by atoms with Crippen molar-refractivity contribution in [3.63, 3.8) is 0 Å². The minimum absolute atomic E-state index is 0.0281. The predicted octanol–water partition coefficient (Wildman–Crippen LogP) is 3.75. The van der Waals surface area contributed by atoms with Crippen LogP contribution < -0.4 is 48.1 Å². The van der Waals surface area contributed by atoms with Crippen molar-refractivity contribution in [3.8, 4) is 5.75 Å². The summed E-state index contributed by atoms with van der Waals surface area (Å²) in [6.07, 6.45) is 1.19. The highest BCUT2D eigenvalue weighted by molar-refractivity contribution is 5.98. The molecule has 2 fully saturated rings. The van der Waals surface area contributed by atoms with Crippen molar-refractivity contribution in [2.75, 3.05) is 32.7 Å². The van der Waals surface area contributed by atoms with E-state index in [-0.39, 0.29) is 45.3 Å². The molecule has 19 heteroatoms. The molecule has 7 amide bonds. The van der Waals surface area contributed by atoms with Crippen molar-refractivity contribution in [2.45, 2.75) is 88.4 Å². The summed E-state index contributed by atoms with van der Waals surface area (Å²) in [4.78, 5) is 103. The second-order valence-corrected chi connectivity index (χ2v) is 18.9. The minimum Gasteiger partial charge on any atom is -0.489 e. The molecule has 2 saturated heterocycles. The van der Waals surface area contributed by atoms with E-state index in [0.29, 0.717) is 48.4 Å². The number of carbonyl (C=O) groups is 7. The molecule has 8 rings (SSSR count). The summed E-state index contributed by atoms with van der Waals surface area (Å²) in [6, 6.07) is 35.9. The number of H-pyrrole nitrogens is 1. The summed E-state index contributed by atoms with van der Waals surface area (Å²) in [5.74, 6) is -3.68. The number of carbonyl (C=O) groups excluding carboxylic acids is 7. The Balaban J connectivity index is 0.000000764. The van der Waals surface area contributed by atoms with E-state index in [1.54, 1.807) is 84.9 Å².